The first kappa shape index (κ1) is 16.1. The number of nitrogens with one attached hydrogen (secondary N) is 1. The van der Waals surface area contributed by atoms with Crippen molar-refractivity contribution in [3.05, 3.63) is 47.5 Å². The average molecular weight is 337 g/mol. The normalized spacial score (nSPS) is 11.7. The quantitative estimate of drug-likeness (QED) is 0.667. The van der Waals surface area contributed by atoms with Crippen molar-refractivity contribution in [2.45, 2.75) is 29.6 Å². The van der Waals surface area contributed by atoms with Crippen molar-refractivity contribution in [1.29, 1.82) is 0 Å². The summed E-state index contributed by atoms with van der Waals surface area (Å²) in [6, 6.07) is 12.5. The van der Waals surface area contributed by atoms with E-state index in [1.54, 1.807) is 11.8 Å². The maximum atomic E-state index is 5.87. The molecular formula is C16H17ClN2S2. The molecule has 0 saturated heterocycles. The summed E-state index contributed by atoms with van der Waals surface area (Å²) >= 11 is 6.99. The third-order valence-corrected chi connectivity index (χ3v) is 4.76. The van der Waals surface area contributed by atoms with Crippen molar-refractivity contribution in [2.24, 2.45) is 5.73 Å². The van der Waals surface area contributed by atoms with Gasteiger partial charge < -0.3 is 11.1 Å². The molecular weight excluding hydrogens is 320 g/mol. The minimum atomic E-state index is 0. The van der Waals surface area contributed by atoms with Gasteiger partial charge in [0.2, 0.25) is 0 Å². The minimum absolute atomic E-state index is 0. The maximum absolute atomic E-state index is 5.87. The first-order chi connectivity index (χ1) is 9.70. The fourth-order valence-corrected chi connectivity index (χ4v) is 3.72. The molecule has 0 spiro atoms. The maximum Gasteiger partial charge on any atom is 0.104 e. The second-order valence-electron chi connectivity index (χ2n) is 4.80. The molecule has 5 heteroatoms. The van der Waals surface area contributed by atoms with E-state index in [1.807, 2.05) is 6.07 Å². The van der Waals surface area contributed by atoms with Crippen LogP contribution >= 0.6 is 36.4 Å². The molecule has 0 aromatic heterocycles. The molecule has 3 N–H and O–H groups in total. The number of benzene rings is 2. The Hall–Kier alpha value is -1.23. The average Bonchev–Trinajstić information content (AvgIpc) is 2.45. The third kappa shape index (κ3) is 3.03. The van der Waals surface area contributed by atoms with E-state index in [9.17, 15) is 0 Å². The summed E-state index contributed by atoms with van der Waals surface area (Å²) < 4.78 is 0. The van der Waals surface area contributed by atoms with Gasteiger partial charge in [0.15, 0.2) is 0 Å². The highest BCUT2D eigenvalue weighted by Crippen LogP contribution is 2.46. The van der Waals surface area contributed by atoms with Crippen molar-refractivity contribution in [2.75, 3.05) is 5.32 Å². The number of para-hydroxylation sites is 1. The van der Waals surface area contributed by atoms with Gasteiger partial charge in [-0.1, -0.05) is 55.5 Å². The lowest BCUT2D eigenvalue weighted by molar-refractivity contribution is 0.917. The van der Waals surface area contributed by atoms with Crippen LogP contribution in [0.2, 0.25) is 0 Å². The van der Waals surface area contributed by atoms with E-state index in [0.29, 0.717) is 4.99 Å². The molecule has 0 radical (unpaired) electrons. The second-order valence-corrected chi connectivity index (χ2v) is 6.33. The number of hydrogen-bond donors (Lipinski definition) is 2. The van der Waals surface area contributed by atoms with Gasteiger partial charge in [0.05, 0.1) is 11.4 Å². The van der Waals surface area contributed by atoms with Gasteiger partial charge in [0, 0.05) is 15.4 Å². The van der Waals surface area contributed by atoms with Crippen molar-refractivity contribution >= 4 is 52.8 Å². The number of fused-ring (bicyclic) bond motifs is 2. The molecule has 1 aliphatic heterocycles. The van der Waals surface area contributed by atoms with E-state index in [2.05, 4.69) is 42.6 Å². The Morgan fingerprint density at radius 1 is 1.19 bits per heavy atom. The largest absolute Gasteiger partial charge is 0.389 e. The summed E-state index contributed by atoms with van der Waals surface area (Å²) in [7, 11) is 0. The number of nitrogens with two attached hydrogens (primary N) is 1. The van der Waals surface area contributed by atoms with Crippen LogP contribution in [0, 0.1) is 0 Å². The summed E-state index contributed by atoms with van der Waals surface area (Å²) in [5.41, 5.74) is 10.4. The smallest absolute Gasteiger partial charge is 0.104 e. The van der Waals surface area contributed by atoms with Crippen LogP contribution in [0.25, 0.3) is 0 Å². The zero-order valence-electron chi connectivity index (χ0n) is 11.7. The first-order valence-corrected chi connectivity index (χ1v) is 7.92. The standard InChI is InChI=1S/C16H16N2S2.ClH/c1-2-5-10-11(16(17)19)8-9-14-15(10)18-12-6-3-4-7-13(12)20-14;/h3-4,6-9,18H,2,5H2,1H3,(H2,17,19);1H. The predicted octanol–water partition coefficient (Wildman–Crippen LogP) is 4.90. The van der Waals surface area contributed by atoms with E-state index in [-0.39, 0.29) is 12.4 Å². The molecule has 21 heavy (non-hydrogen) atoms. The van der Waals surface area contributed by atoms with Gasteiger partial charge in [-0.2, -0.15) is 0 Å². The molecule has 2 aromatic carbocycles. The van der Waals surface area contributed by atoms with Gasteiger partial charge in [-0.15, -0.1) is 12.4 Å². The fraction of sp³-hybridized carbons (Fsp3) is 0.188. The monoisotopic (exact) mass is 336 g/mol. The van der Waals surface area contributed by atoms with Gasteiger partial charge in [-0.3, -0.25) is 0 Å². The Balaban J connectivity index is 0.00000161. The highest BCUT2D eigenvalue weighted by molar-refractivity contribution is 7.99. The summed E-state index contributed by atoms with van der Waals surface area (Å²) in [6.45, 7) is 2.17. The highest BCUT2D eigenvalue weighted by atomic mass is 35.5. The van der Waals surface area contributed by atoms with Crippen molar-refractivity contribution < 1.29 is 0 Å². The van der Waals surface area contributed by atoms with E-state index in [1.165, 1.54) is 21.0 Å². The van der Waals surface area contributed by atoms with E-state index >= 15 is 0 Å². The van der Waals surface area contributed by atoms with Gasteiger partial charge in [-0.25, -0.2) is 0 Å². The minimum Gasteiger partial charge on any atom is -0.389 e. The Morgan fingerprint density at radius 3 is 2.67 bits per heavy atom. The van der Waals surface area contributed by atoms with Crippen LogP contribution in [0.15, 0.2) is 46.2 Å². The number of rotatable bonds is 3. The molecule has 0 atom stereocenters. The second kappa shape index (κ2) is 6.69. The summed E-state index contributed by atoms with van der Waals surface area (Å²) in [5.74, 6) is 0. The molecule has 0 saturated carbocycles. The van der Waals surface area contributed by atoms with Crippen LogP contribution in [0.4, 0.5) is 11.4 Å². The molecule has 0 aliphatic carbocycles. The van der Waals surface area contributed by atoms with Crippen LogP contribution < -0.4 is 11.1 Å². The molecule has 1 aliphatic rings. The molecule has 2 nitrogen and oxygen atoms in total. The third-order valence-electron chi connectivity index (χ3n) is 3.41. The first-order valence-electron chi connectivity index (χ1n) is 6.70. The zero-order chi connectivity index (χ0) is 14.1. The van der Waals surface area contributed by atoms with Crippen LogP contribution in [-0.2, 0) is 6.42 Å². The fourth-order valence-electron chi connectivity index (χ4n) is 2.50. The van der Waals surface area contributed by atoms with E-state index in [4.69, 9.17) is 18.0 Å². The molecule has 2 aromatic rings. The SMILES string of the molecule is CCCc1c(C(N)=S)ccc2c1Nc1ccccc1S2.Cl. The van der Waals surface area contributed by atoms with Gasteiger partial charge in [-0.05, 0) is 30.2 Å². The van der Waals surface area contributed by atoms with E-state index in [0.717, 1.165) is 24.1 Å². The van der Waals surface area contributed by atoms with Crippen LogP contribution in [0.5, 0.6) is 0 Å². The van der Waals surface area contributed by atoms with Crippen LogP contribution in [0.1, 0.15) is 24.5 Å². The summed E-state index contributed by atoms with van der Waals surface area (Å²) in [4.78, 5) is 2.97. The predicted molar refractivity (Wildman–Crippen MR) is 97.4 cm³/mol. The molecule has 0 bridgehead atoms. The summed E-state index contributed by atoms with van der Waals surface area (Å²) in [5, 5.41) is 3.55. The molecule has 1 heterocycles. The molecule has 0 unspecified atom stereocenters. The summed E-state index contributed by atoms with van der Waals surface area (Å²) in [6.07, 6.45) is 2.05. The van der Waals surface area contributed by atoms with Crippen molar-refractivity contribution in [3.8, 4) is 0 Å². The van der Waals surface area contributed by atoms with Crippen molar-refractivity contribution in [3.63, 3.8) is 0 Å². The molecule has 0 amide bonds. The lowest BCUT2D eigenvalue weighted by Gasteiger charge is -2.25. The zero-order valence-corrected chi connectivity index (χ0v) is 14.1. The topological polar surface area (TPSA) is 38.0 Å². The van der Waals surface area contributed by atoms with Crippen LogP contribution in [0.3, 0.4) is 0 Å². The molecule has 110 valence electrons. The Morgan fingerprint density at radius 2 is 1.95 bits per heavy atom. The van der Waals surface area contributed by atoms with Gasteiger partial charge >= 0.3 is 0 Å². The van der Waals surface area contributed by atoms with Crippen molar-refractivity contribution in [1.82, 2.24) is 0 Å². The highest BCUT2D eigenvalue weighted by Gasteiger charge is 2.20. The Labute approximate surface area is 140 Å². The number of anilines is 2. The number of thiocarbonyl (C=S) groups is 1. The molecule has 3 rings (SSSR count). The van der Waals surface area contributed by atoms with Gasteiger partial charge in [0.1, 0.15) is 4.99 Å². The lowest BCUT2D eigenvalue weighted by Crippen LogP contribution is -2.15. The molecule has 0 fully saturated rings. The number of halogens is 1. The lowest BCUT2D eigenvalue weighted by atomic mass is 10.00. The number of hydrogen-bond acceptors (Lipinski definition) is 3. The Bertz CT molecular complexity index is 686. The van der Waals surface area contributed by atoms with E-state index < -0.39 is 0 Å². The Kier molecular flexibility index (Phi) is 5.14. The van der Waals surface area contributed by atoms with Crippen LogP contribution in [-0.4, -0.2) is 4.99 Å². The van der Waals surface area contributed by atoms with Gasteiger partial charge in [0.25, 0.3) is 0 Å².